The van der Waals surface area contributed by atoms with E-state index < -0.39 is 0 Å². The smallest absolute Gasteiger partial charge is 0.313 e. The summed E-state index contributed by atoms with van der Waals surface area (Å²) in [5, 5.41) is 0. The van der Waals surface area contributed by atoms with Gasteiger partial charge in [0.15, 0.2) is 0 Å². The van der Waals surface area contributed by atoms with Gasteiger partial charge >= 0.3 is 5.97 Å². The molecule has 1 unspecified atom stereocenters. The number of methoxy groups -OCH3 is 1. The van der Waals surface area contributed by atoms with Gasteiger partial charge in [0, 0.05) is 0 Å². The Labute approximate surface area is 54.5 Å². The molecule has 0 bridgehead atoms. The largest absolute Gasteiger partial charge is 0.469 e. The van der Waals surface area contributed by atoms with Gasteiger partial charge in [-0.25, -0.2) is 0 Å². The van der Waals surface area contributed by atoms with Gasteiger partial charge in [-0.1, -0.05) is 11.6 Å². The Kier molecular flexibility index (Phi) is 1.56. The quantitative estimate of drug-likeness (QED) is 0.389. The zero-order chi connectivity index (χ0) is 6.85. The number of rotatable bonds is 1. The fraction of sp³-hybridized carbons (Fsp3) is 0.571. The van der Waals surface area contributed by atoms with Crippen molar-refractivity contribution in [2.45, 2.75) is 13.3 Å². The zero-order valence-electron chi connectivity index (χ0n) is 5.68. The number of esters is 1. The maximum absolute atomic E-state index is 10.7. The fourth-order valence-corrected chi connectivity index (χ4v) is 0.873. The molecule has 0 saturated heterocycles. The van der Waals surface area contributed by atoms with Gasteiger partial charge in [0.1, 0.15) is 0 Å². The Morgan fingerprint density at radius 2 is 2.56 bits per heavy atom. The molecular weight excluding hydrogens is 116 g/mol. The summed E-state index contributed by atoms with van der Waals surface area (Å²) in [7, 11) is 1.42. The summed E-state index contributed by atoms with van der Waals surface area (Å²) in [4.78, 5) is 10.7. The van der Waals surface area contributed by atoms with E-state index in [4.69, 9.17) is 0 Å². The lowest BCUT2D eigenvalue weighted by Crippen LogP contribution is -2.01. The second kappa shape index (κ2) is 2.21. The molecule has 0 aromatic carbocycles. The van der Waals surface area contributed by atoms with Crippen LogP contribution in [0.15, 0.2) is 11.6 Å². The van der Waals surface area contributed by atoms with E-state index in [2.05, 4.69) is 4.74 Å². The lowest BCUT2D eigenvalue weighted by atomic mass is 10.4. The third kappa shape index (κ3) is 1.12. The van der Waals surface area contributed by atoms with Crippen molar-refractivity contribution in [2.75, 3.05) is 7.11 Å². The number of hydrogen-bond donors (Lipinski definition) is 0. The van der Waals surface area contributed by atoms with Crippen LogP contribution in [0.25, 0.3) is 0 Å². The van der Waals surface area contributed by atoms with Crippen LogP contribution in [0.1, 0.15) is 13.3 Å². The first kappa shape index (κ1) is 6.33. The molecule has 1 saturated carbocycles. The van der Waals surface area contributed by atoms with Crippen LogP contribution in [-0.2, 0) is 9.53 Å². The molecule has 0 aromatic rings. The van der Waals surface area contributed by atoms with Crippen molar-refractivity contribution >= 4 is 5.97 Å². The molecule has 1 aliphatic carbocycles. The maximum Gasteiger partial charge on any atom is 0.313 e. The van der Waals surface area contributed by atoms with Crippen LogP contribution in [0.2, 0.25) is 0 Å². The van der Waals surface area contributed by atoms with E-state index in [9.17, 15) is 4.79 Å². The van der Waals surface area contributed by atoms with Gasteiger partial charge in [-0.2, -0.15) is 0 Å². The highest BCUT2D eigenvalue weighted by molar-refractivity contribution is 5.80. The molecule has 0 N–H and O–H groups in total. The van der Waals surface area contributed by atoms with E-state index in [0.717, 1.165) is 6.42 Å². The summed E-state index contributed by atoms with van der Waals surface area (Å²) in [5.41, 5.74) is 1.21. The summed E-state index contributed by atoms with van der Waals surface area (Å²) in [6.45, 7) is 1.94. The monoisotopic (exact) mass is 126 g/mol. The number of ether oxygens (including phenoxy) is 1. The first-order chi connectivity index (χ1) is 4.29. The second-order valence-corrected chi connectivity index (χ2v) is 2.14. The number of carbonyl (C=O) groups excluding carboxylic acids is 1. The molecule has 9 heavy (non-hydrogen) atoms. The lowest BCUT2D eigenvalue weighted by Gasteiger charge is -1.90. The van der Waals surface area contributed by atoms with Gasteiger partial charge in [0.25, 0.3) is 0 Å². The molecule has 0 heterocycles. The molecule has 0 amide bonds. The molecule has 0 radical (unpaired) electrons. The summed E-state index contributed by atoms with van der Waals surface area (Å²) in [6.07, 6.45) is 2.88. The molecule has 1 atom stereocenters. The zero-order valence-corrected chi connectivity index (χ0v) is 5.68. The van der Waals surface area contributed by atoms with Crippen LogP contribution in [0.4, 0.5) is 0 Å². The van der Waals surface area contributed by atoms with Crippen LogP contribution in [0.5, 0.6) is 0 Å². The molecule has 2 heteroatoms. The van der Waals surface area contributed by atoms with Crippen molar-refractivity contribution in [2.24, 2.45) is 5.92 Å². The summed E-state index contributed by atoms with van der Waals surface area (Å²) < 4.78 is 4.53. The highest BCUT2D eigenvalue weighted by Crippen LogP contribution is 2.37. The standard InChI is InChI=1S/C7H10O2/c1-3-5-4-6(5)7(8)9-2/h3,6H,4H2,1-2H3/b5-3+. The molecule has 50 valence electrons. The third-order valence-electron chi connectivity index (χ3n) is 1.58. The van der Waals surface area contributed by atoms with Crippen molar-refractivity contribution in [1.82, 2.24) is 0 Å². The van der Waals surface area contributed by atoms with Crippen LogP contribution in [0, 0.1) is 5.92 Å². The van der Waals surface area contributed by atoms with Crippen LogP contribution >= 0.6 is 0 Å². The highest BCUT2D eigenvalue weighted by atomic mass is 16.5. The highest BCUT2D eigenvalue weighted by Gasteiger charge is 2.36. The topological polar surface area (TPSA) is 26.3 Å². The molecule has 0 spiro atoms. The molecule has 1 fully saturated rings. The third-order valence-corrected chi connectivity index (χ3v) is 1.58. The van der Waals surface area contributed by atoms with Crippen molar-refractivity contribution in [3.63, 3.8) is 0 Å². The van der Waals surface area contributed by atoms with Crippen LogP contribution in [0.3, 0.4) is 0 Å². The average Bonchev–Trinajstić information content (AvgIpc) is 2.64. The number of hydrogen-bond acceptors (Lipinski definition) is 2. The molecular formula is C7H10O2. The second-order valence-electron chi connectivity index (χ2n) is 2.14. The minimum atomic E-state index is -0.0944. The van der Waals surface area contributed by atoms with E-state index in [1.165, 1.54) is 12.7 Å². The van der Waals surface area contributed by atoms with Gasteiger partial charge in [-0.15, -0.1) is 0 Å². The Balaban J connectivity index is 2.42. The van der Waals surface area contributed by atoms with Crippen molar-refractivity contribution < 1.29 is 9.53 Å². The minimum Gasteiger partial charge on any atom is -0.469 e. The Morgan fingerprint density at radius 3 is 2.89 bits per heavy atom. The van der Waals surface area contributed by atoms with Gasteiger partial charge in [0.2, 0.25) is 0 Å². The maximum atomic E-state index is 10.7. The SMILES string of the molecule is C/C=C1\CC1C(=O)OC. The van der Waals surface area contributed by atoms with Crippen LogP contribution in [-0.4, -0.2) is 13.1 Å². The Hall–Kier alpha value is -0.790. The van der Waals surface area contributed by atoms with E-state index in [1.807, 2.05) is 13.0 Å². The molecule has 2 nitrogen and oxygen atoms in total. The van der Waals surface area contributed by atoms with E-state index in [0.29, 0.717) is 0 Å². The predicted molar refractivity (Wildman–Crippen MR) is 33.9 cm³/mol. The summed E-state index contributed by atoms with van der Waals surface area (Å²) in [6, 6.07) is 0. The van der Waals surface area contributed by atoms with Crippen molar-refractivity contribution in [3.8, 4) is 0 Å². The molecule has 0 aliphatic heterocycles. The molecule has 0 aromatic heterocycles. The lowest BCUT2D eigenvalue weighted by molar-refractivity contribution is -0.141. The van der Waals surface area contributed by atoms with Gasteiger partial charge in [-0.05, 0) is 13.3 Å². The molecule has 1 aliphatic rings. The van der Waals surface area contributed by atoms with Gasteiger partial charge in [0.05, 0.1) is 13.0 Å². The number of allylic oxidation sites excluding steroid dienone is 1. The predicted octanol–water partition coefficient (Wildman–Crippen LogP) is 1.13. The van der Waals surface area contributed by atoms with Crippen molar-refractivity contribution in [3.05, 3.63) is 11.6 Å². The van der Waals surface area contributed by atoms with E-state index in [1.54, 1.807) is 0 Å². The first-order valence-electron chi connectivity index (χ1n) is 3.02. The van der Waals surface area contributed by atoms with E-state index >= 15 is 0 Å². The van der Waals surface area contributed by atoms with Crippen LogP contribution < -0.4 is 0 Å². The fourth-order valence-electron chi connectivity index (χ4n) is 0.873. The van der Waals surface area contributed by atoms with Crippen molar-refractivity contribution in [1.29, 1.82) is 0 Å². The van der Waals surface area contributed by atoms with Gasteiger partial charge < -0.3 is 4.74 Å². The van der Waals surface area contributed by atoms with E-state index in [-0.39, 0.29) is 11.9 Å². The molecule has 1 rings (SSSR count). The number of carbonyl (C=O) groups is 1. The van der Waals surface area contributed by atoms with Gasteiger partial charge in [-0.3, -0.25) is 4.79 Å². The average molecular weight is 126 g/mol. The Bertz CT molecular complexity index is 158. The minimum absolute atomic E-state index is 0.0944. The summed E-state index contributed by atoms with van der Waals surface area (Å²) >= 11 is 0. The Morgan fingerprint density at radius 1 is 1.89 bits per heavy atom. The normalized spacial score (nSPS) is 28.2. The summed E-state index contributed by atoms with van der Waals surface area (Å²) in [5.74, 6) is 0.00287. The first-order valence-corrected chi connectivity index (χ1v) is 3.02.